The van der Waals surface area contributed by atoms with E-state index in [1.807, 2.05) is 6.92 Å². The van der Waals surface area contributed by atoms with Gasteiger partial charge >= 0.3 is 0 Å². The van der Waals surface area contributed by atoms with Gasteiger partial charge in [-0.1, -0.05) is 0 Å². The van der Waals surface area contributed by atoms with Crippen molar-refractivity contribution in [1.29, 1.82) is 0 Å². The molecule has 8 nitrogen and oxygen atoms in total. The van der Waals surface area contributed by atoms with Gasteiger partial charge in [-0.3, -0.25) is 10.1 Å². The third-order valence-electron chi connectivity index (χ3n) is 2.63. The van der Waals surface area contributed by atoms with E-state index in [9.17, 15) is 18.5 Å². The van der Waals surface area contributed by atoms with Crippen LogP contribution in [0.4, 0.5) is 5.69 Å². The summed E-state index contributed by atoms with van der Waals surface area (Å²) in [5.41, 5.74) is -0.0113. The van der Waals surface area contributed by atoms with Gasteiger partial charge in [0.05, 0.1) is 11.5 Å². The number of sulfonamides is 1. The molecule has 0 aromatic heterocycles. The van der Waals surface area contributed by atoms with Crippen molar-refractivity contribution >= 4 is 15.7 Å². The molecule has 0 radical (unpaired) electrons. The van der Waals surface area contributed by atoms with E-state index in [-0.39, 0.29) is 22.9 Å². The van der Waals surface area contributed by atoms with Crippen LogP contribution in [0.25, 0.3) is 0 Å². The molecule has 0 heterocycles. The van der Waals surface area contributed by atoms with E-state index in [1.165, 1.54) is 13.0 Å². The minimum atomic E-state index is -4.12. The van der Waals surface area contributed by atoms with Gasteiger partial charge in [0, 0.05) is 31.8 Å². The number of rotatable bonds is 8. The van der Waals surface area contributed by atoms with Gasteiger partial charge in [-0.2, -0.15) is 0 Å². The van der Waals surface area contributed by atoms with E-state index in [0.29, 0.717) is 25.2 Å². The van der Waals surface area contributed by atoms with Crippen LogP contribution in [-0.4, -0.2) is 33.2 Å². The van der Waals surface area contributed by atoms with Crippen LogP contribution in [0.15, 0.2) is 17.0 Å². The highest BCUT2D eigenvalue weighted by molar-refractivity contribution is 7.89. The molecular formula is C12H18N2O6S. The third-order valence-corrected chi connectivity index (χ3v) is 3.54. The molecule has 0 atom stereocenters. The summed E-state index contributed by atoms with van der Waals surface area (Å²) in [7, 11) is -4.12. The van der Waals surface area contributed by atoms with Crippen molar-refractivity contribution in [1.82, 2.24) is 0 Å². The highest BCUT2D eigenvalue weighted by Gasteiger charge is 2.22. The fourth-order valence-corrected chi connectivity index (χ4v) is 2.47. The Bertz CT molecular complexity index is 614. The van der Waals surface area contributed by atoms with Crippen molar-refractivity contribution in [2.75, 3.05) is 19.8 Å². The molecule has 0 amide bonds. The molecule has 21 heavy (non-hydrogen) atoms. The summed E-state index contributed by atoms with van der Waals surface area (Å²) in [6, 6.07) is 2.15. The number of nitrogens with two attached hydrogens (primary N) is 1. The van der Waals surface area contributed by atoms with E-state index in [2.05, 4.69) is 0 Å². The summed E-state index contributed by atoms with van der Waals surface area (Å²) < 4.78 is 33.7. The van der Waals surface area contributed by atoms with Gasteiger partial charge < -0.3 is 9.47 Å². The number of nitro groups is 1. The number of non-ortho nitro benzene ring substituents is 1. The molecule has 2 N–H and O–H groups in total. The number of ether oxygens (including phenoxy) is 2. The number of hydrogen-bond acceptors (Lipinski definition) is 6. The highest BCUT2D eigenvalue weighted by atomic mass is 32.2. The highest BCUT2D eigenvalue weighted by Crippen LogP contribution is 2.31. The zero-order valence-corrected chi connectivity index (χ0v) is 12.7. The Balaban J connectivity index is 3.04. The van der Waals surface area contributed by atoms with E-state index in [1.54, 1.807) is 0 Å². The molecule has 0 saturated heterocycles. The van der Waals surface area contributed by atoms with Gasteiger partial charge in [-0.15, -0.1) is 0 Å². The first-order valence-electron chi connectivity index (χ1n) is 6.29. The Hall–Kier alpha value is -1.71. The second-order valence-electron chi connectivity index (χ2n) is 4.29. The van der Waals surface area contributed by atoms with E-state index >= 15 is 0 Å². The van der Waals surface area contributed by atoms with Crippen molar-refractivity contribution in [3.05, 3.63) is 27.8 Å². The normalized spacial score (nSPS) is 11.4. The number of aryl methyl sites for hydroxylation is 1. The molecular weight excluding hydrogens is 300 g/mol. The predicted molar refractivity (Wildman–Crippen MR) is 75.8 cm³/mol. The summed E-state index contributed by atoms with van der Waals surface area (Å²) in [6.45, 7) is 4.67. The predicted octanol–water partition coefficient (Wildman–Crippen LogP) is 1.36. The quantitative estimate of drug-likeness (QED) is 0.438. The van der Waals surface area contributed by atoms with Crippen molar-refractivity contribution in [2.24, 2.45) is 5.14 Å². The summed E-state index contributed by atoms with van der Waals surface area (Å²) >= 11 is 0. The van der Waals surface area contributed by atoms with Crippen LogP contribution < -0.4 is 9.88 Å². The standard InChI is InChI=1S/C12H18N2O6S/c1-3-19-5-4-6-20-12-9(2)7-10(14(15)16)8-11(12)21(13,17)18/h7-8H,3-6H2,1-2H3,(H2,13,17,18). The maximum absolute atomic E-state index is 11.6. The lowest BCUT2D eigenvalue weighted by atomic mass is 10.2. The van der Waals surface area contributed by atoms with Crippen molar-refractivity contribution < 1.29 is 22.8 Å². The lowest BCUT2D eigenvalue weighted by molar-refractivity contribution is -0.385. The van der Waals surface area contributed by atoms with Gasteiger partial charge in [-0.25, -0.2) is 13.6 Å². The van der Waals surface area contributed by atoms with Crippen LogP contribution >= 0.6 is 0 Å². The SMILES string of the molecule is CCOCCCOc1c(C)cc([N+](=O)[O-])cc1S(N)(=O)=O. The van der Waals surface area contributed by atoms with Crippen molar-refractivity contribution in [2.45, 2.75) is 25.2 Å². The molecule has 0 bridgehead atoms. The monoisotopic (exact) mass is 318 g/mol. The van der Waals surface area contributed by atoms with Crippen LogP contribution in [0.1, 0.15) is 18.9 Å². The number of primary sulfonamides is 1. The Kier molecular flexibility index (Phi) is 6.06. The summed E-state index contributed by atoms with van der Waals surface area (Å²) in [6.07, 6.45) is 0.564. The van der Waals surface area contributed by atoms with Crippen LogP contribution in [0, 0.1) is 17.0 Å². The van der Waals surface area contributed by atoms with E-state index in [4.69, 9.17) is 14.6 Å². The molecule has 0 aliphatic carbocycles. The fraction of sp³-hybridized carbons (Fsp3) is 0.500. The minimum Gasteiger partial charge on any atom is -0.492 e. The Labute approximate surface area is 123 Å². The van der Waals surface area contributed by atoms with Crippen LogP contribution in [-0.2, 0) is 14.8 Å². The van der Waals surface area contributed by atoms with Crippen LogP contribution in [0.2, 0.25) is 0 Å². The Morgan fingerprint density at radius 3 is 2.52 bits per heavy atom. The molecule has 0 spiro atoms. The zero-order valence-electron chi connectivity index (χ0n) is 11.9. The molecule has 9 heteroatoms. The zero-order chi connectivity index (χ0) is 16.0. The second kappa shape index (κ2) is 7.34. The summed E-state index contributed by atoms with van der Waals surface area (Å²) in [5.74, 6) is 0.0413. The van der Waals surface area contributed by atoms with Gasteiger partial charge in [0.1, 0.15) is 10.6 Å². The summed E-state index contributed by atoms with van der Waals surface area (Å²) in [4.78, 5) is 9.72. The van der Waals surface area contributed by atoms with Crippen LogP contribution in [0.3, 0.4) is 0 Å². The van der Waals surface area contributed by atoms with Gasteiger partial charge in [-0.05, 0) is 19.4 Å². The molecule has 0 saturated carbocycles. The molecule has 0 fully saturated rings. The average molecular weight is 318 g/mol. The third kappa shape index (κ3) is 4.96. The largest absolute Gasteiger partial charge is 0.492 e. The smallest absolute Gasteiger partial charge is 0.271 e. The van der Waals surface area contributed by atoms with Crippen LogP contribution in [0.5, 0.6) is 5.75 Å². The second-order valence-corrected chi connectivity index (χ2v) is 5.82. The average Bonchev–Trinajstić information content (AvgIpc) is 2.38. The number of nitro benzene ring substituents is 1. The van der Waals surface area contributed by atoms with Gasteiger partial charge in [0.25, 0.3) is 5.69 Å². The van der Waals surface area contributed by atoms with E-state index in [0.717, 1.165) is 6.07 Å². The lowest BCUT2D eigenvalue weighted by Gasteiger charge is -2.13. The Morgan fingerprint density at radius 2 is 2.00 bits per heavy atom. The fourth-order valence-electron chi connectivity index (χ4n) is 1.70. The maximum atomic E-state index is 11.6. The lowest BCUT2D eigenvalue weighted by Crippen LogP contribution is -2.15. The molecule has 0 aliphatic rings. The van der Waals surface area contributed by atoms with Crippen molar-refractivity contribution in [3.63, 3.8) is 0 Å². The Morgan fingerprint density at radius 1 is 1.33 bits per heavy atom. The maximum Gasteiger partial charge on any atom is 0.271 e. The molecule has 0 aliphatic heterocycles. The first kappa shape index (κ1) is 17.3. The van der Waals surface area contributed by atoms with Gasteiger partial charge in [0.15, 0.2) is 0 Å². The molecule has 1 aromatic carbocycles. The summed E-state index contributed by atoms with van der Waals surface area (Å²) in [5, 5.41) is 15.9. The van der Waals surface area contributed by atoms with Crippen molar-refractivity contribution in [3.8, 4) is 5.75 Å². The molecule has 118 valence electrons. The number of hydrogen-bond donors (Lipinski definition) is 1. The van der Waals surface area contributed by atoms with Gasteiger partial charge in [0.2, 0.25) is 10.0 Å². The first-order chi connectivity index (χ1) is 9.77. The first-order valence-corrected chi connectivity index (χ1v) is 7.84. The minimum absolute atomic E-state index is 0.0413. The molecule has 0 unspecified atom stereocenters. The van der Waals surface area contributed by atoms with E-state index < -0.39 is 14.9 Å². The number of nitrogens with zero attached hydrogens (tertiary/aromatic N) is 1. The molecule has 1 aromatic rings. The topological polar surface area (TPSA) is 122 Å². The molecule has 1 rings (SSSR count). The number of benzene rings is 1.